The van der Waals surface area contributed by atoms with Crippen molar-refractivity contribution in [2.45, 2.75) is 31.6 Å². The van der Waals surface area contributed by atoms with E-state index in [4.69, 9.17) is 23.2 Å². The molecule has 0 unspecified atom stereocenters. The number of fused-ring (bicyclic) bond motifs is 1. The number of nitrogens with one attached hydrogen (secondary N) is 1. The Hall–Kier alpha value is -2.50. The molecular weight excluding hydrogens is 445 g/mol. The number of alkyl halides is 2. The molecule has 0 saturated carbocycles. The number of benzene rings is 2. The Kier molecular flexibility index (Phi) is 8.60. The molecule has 0 saturated heterocycles. The summed E-state index contributed by atoms with van der Waals surface area (Å²) in [6.07, 6.45) is 2.70. The van der Waals surface area contributed by atoms with Gasteiger partial charge in [-0.25, -0.2) is 0 Å². The molecule has 5 nitrogen and oxygen atoms in total. The van der Waals surface area contributed by atoms with Gasteiger partial charge < -0.3 is 14.8 Å². The van der Waals surface area contributed by atoms with Crippen LogP contribution in [0.3, 0.4) is 0 Å². The molecular formula is C25H29Cl2N3O2. The highest BCUT2D eigenvalue weighted by Crippen LogP contribution is 2.19. The zero-order chi connectivity index (χ0) is 23.1. The minimum absolute atomic E-state index is 0.0479. The molecule has 0 aliphatic carbocycles. The van der Waals surface area contributed by atoms with E-state index in [0.717, 1.165) is 22.0 Å². The van der Waals surface area contributed by atoms with Crippen LogP contribution in [0.5, 0.6) is 0 Å². The number of hydrogen-bond acceptors (Lipinski definition) is 2. The van der Waals surface area contributed by atoms with Crippen LogP contribution in [0.15, 0.2) is 60.8 Å². The van der Waals surface area contributed by atoms with Crippen LogP contribution < -0.4 is 0 Å². The lowest BCUT2D eigenvalue weighted by molar-refractivity contribution is -0.140. The fourth-order valence-electron chi connectivity index (χ4n) is 3.76. The van der Waals surface area contributed by atoms with Gasteiger partial charge in [0, 0.05) is 36.7 Å². The minimum Gasteiger partial charge on any atom is -0.361 e. The number of halogens is 2. The number of nitrogens with zero attached hydrogens (tertiary/aromatic N) is 2. The standard InChI is InChI=1S/C25H29Cl2N3O2/c1-18(2)15-30(25(32)24(26)27)17-23(31)29(16-19-8-4-3-5-9-19)13-12-20-14-28-22-11-7-6-10-21(20)22/h3-11,14,18,24,28H,12-13,15-17H2,1-2H3. The molecule has 32 heavy (non-hydrogen) atoms. The number of para-hydroxylation sites is 1. The maximum absolute atomic E-state index is 13.3. The van der Waals surface area contributed by atoms with Crippen molar-refractivity contribution in [3.05, 3.63) is 71.9 Å². The molecule has 0 radical (unpaired) electrons. The van der Waals surface area contributed by atoms with Gasteiger partial charge in [0.2, 0.25) is 5.91 Å². The van der Waals surface area contributed by atoms with Crippen LogP contribution in [-0.4, -0.2) is 51.1 Å². The van der Waals surface area contributed by atoms with Gasteiger partial charge in [0.05, 0.1) is 6.54 Å². The lowest BCUT2D eigenvalue weighted by Gasteiger charge is -2.29. The normalized spacial score (nSPS) is 11.3. The molecule has 1 N–H and O–H groups in total. The molecule has 170 valence electrons. The number of aromatic nitrogens is 1. The first kappa shape index (κ1) is 24.1. The lowest BCUT2D eigenvalue weighted by Crippen LogP contribution is -2.46. The molecule has 0 spiro atoms. The number of H-pyrrole nitrogens is 1. The van der Waals surface area contributed by atoms with E-state index < -0.39 is 10.7 Å². The van der Waals surface area contributed by atoms with Gasteiger partial charge in [-0.1, -0.05) is 85.6 Å². The van der Waals surface area contributed by atoms with E-state index in [1.165, 1.54) is 4.90 Å². The monoisotopic (exact) mass is 473 g/mol. The highest BCUT2D eigenvalue weighted by molar-refractivity contribution is 6.53. The number of rotatable bonds is 10. The van der Waals surface area contributed by atoms with Crippen LogP contribution in [0, 0.1) is 5.92 Å². The van der Waals surface area contributed by atoms with Crippen LogP contribution >= 0.6 is 23.2 Å². The quantitative estimate of drug-likeness (QED) is 0.419. The van der Waals surface area contributed by atoms with Gasteiger partial charge in [-0.05, 0) is 29.5 Å². The predicted octanol–water partition coefficient (Wildman–Crippen LogP) is 5.03. The molecule has 1 aromatic heterocycles. The Morgan fingerprint density at radius 2 is 1.66 bits per heavy atom. The van der Waals surface area contributed by atoms with E-state index in [9.17, 15) is 9.59 Å². The summed E-state index contributed by atoms with van der Waals surface area (Å²) < 4.78 is 0. The second-order valence-corrected chi connectivity index (χ2v) is 9.42. The number of carbonyl (C=O) groups is 2. The van der Waals surface area contributed by atoms with E-state index in [1.54, 1.807) is 4.90 Å². The summed E-state index contributed by atoms with van der Waals surface area (Å²) in [5, 5.41) is 1.16. The summed E-state index contributed by atoms with van der Waals surface area (Å²) in [6.45, 7) is 5.35. The molecule has 0 fully saturated rings. The van der Waals surface area contributed by atoms with Crippen molar-refractivity contribution in [2.75, 3.05) is 19.6 Å². The molecule has 1 heterocycles. The maximum Gasteiger partial charge on any atom is 0.256 e. The van der Waals surface area contributed by atoms with Gasteiger partial charge in [-0.3, -0.25) is 9.59 Å². The maximum atomic E-state index is 13.3. The second kappa shape index (κ2) is 11.4. The average molecular weight is 474 g/mol. The fraction of sp³-hybridized carbons (Fsp3) is 0.360. The van der Waals surface area contributed by atoms with Crippen molar-refractivity contribution in [1.82, 2.24) is 14.8 Å². The van der Waals surface area contributed by atoms with Gasteiger partial charge in [-0.2, -0.15) is 0 Å². The molecule has 3 aromatic rings. The van der Waals surface area contributed by atoms with Crippen LogP contribution in [0.1, 0.15) is 25.0 Å². The molecule has 0 bridgehead atoms. The third kappa shape index (κ3) is 6.50. The Balaban J connectivity index is 1.77. The molecule has 7 heteroatoms. The van der Waals surface area contributed by atoms with Gasteiger partial charge in [-0.15, -0.1) is 0 Å². The topological polar surface area (TPSA) is 56.4 Å². The fourth-order valence-corrected chi connectivity index (χ4v) is 4.04. The van der Waals surface area contributed by atoms with Crippen molar-refractivity contribution in [1.29, 1.82) is 0 Å². The summed E-state index contributed by atoms with van der Waals surface area (Å²) in [5.41, 5.74) is 3.27. The van der Waals surface area contributed by atoms with E-state index in [-0.39, 0.29) is 18.4 Å². The molecule has 2 amide bonds. The molecule has 3 rings (SSSR count). The zero-order valence-electron chi connectivity index (χ0n) is 18.4. The minimum atomic E-state index is -1.18. The number of carbonyl (C=O) groups excluding carboxylic acids is 2. The molecule has 0 aliphatic rings. The van der Waals surface area contributed by atoms with E-state index in [0.29, 0.717) is 26.1 Å². The Bertz CT molecular complexity index is 1030. The van der Waals surface area contributed by atoms with Crippen molar-refractivity contribution < 1.29 is 9.59 Å². The van der Waals surface area contributed by atoms with Crippen LogP contribution in [0.4, 0.5) is 0 Å². The van der Waals surface area contributed by atoms with E-state index in [1.807, 2.05) is 68.6 Å². The summed E-state index contributed by atoms with van der Waals surface area (Å²) in [4.78, 5) is 31.2. The van der Waals surface area contributed by atoms with E-state index >= 15 is 0 Å². The summed E-state index contributed by atoms with van der Waals surface area (Å²) in [7, 11) is 0. The van der Waals surface area contributed by atoms with Gasteiger partial charge in [0.1, 0.15) is 0 Å². The third-order valence-electron chi connectivity index (χ3n) is 5.30. The number of hydrogen-bond donors (Lipinski definition) is 1. The molecule has 0 aliphatic heterocycles. The van der Waals surface area contributed by atoms with Crippen LogP contribution in [0.25, 0.3) is 10.9 Å². The first-order valence-electron chi connectivity index (χ1n) is 10.8. The predicted molar refractivity (Wildman–Crippen MR) is 131 cm³/mol. The SMILES string of the molecule is CC(C)CN(CC(=O)N(CCc1c[nH]c2ccccc12)Cc1ccccc1)C(=O)C(Cl)Cl. The van der Waals surface area contributed by atoms with Crippen LogP contribution in [0.2, 0.25) is 0 Å². The highest BCUT2D eigenvalue weighted by Gasteiger charge is 2.26. The second-order valence-electron chi connectivity index (χ2n) is 8.32. The van der Waals surface area contributed by atoms with E-state index in [2.05, 4.69) is 11.1 Å². The van der Waals surface area contributed by atoms with Crippen molar-refractivity contribution >= 4 is 45.9 Å². The van der Waals surface area contributed by atoms with Crippen molar-refractivity contribution in [2.24, 2.45) is 5.92 Å². The lowest BCUT2D eigenvalue weighted by atomic mass is 10.1. The highest BCUT2D eigenvalue weighted by atomic mass is 35.5. The van der Waals surface area contributed by atoms with Gasteiger partial charge in [0.15, 0.2) is 4.84 Å². The number of amides is 2. The molecule has 0 atom stereocenters. The first-order chi connectivity index (χ1) is 15.3. The first-order valence-corrected chi connectivity index (χ1v) is 11.7. The molecule has 2 aromatic carbocycles. The van der Waals surface area contributed by atoms with Gasteiger partial charge in [0.25, 0.3) is 5.91 Å². The Morgan fingerprint density at radius 1 is 0.969 bits per heavy atom. The smallest absolute Gasteiger partial charge is 0.256 e. The summed E-state index contributed by atoms with van der Waals surface area (Å²) >= 11 is 11.7. The van der Waals surface area contributed by atoms with Gasteiger partial charge >= 0.3 is 0 Å². The van der Waals surface area contributed by atoms with Crippen molar-refractivity contribution in [3.63, 3.8) is 0 Å². The number of aromatic amines is 1. The summed E-state index contributed by atoms with van der Waals surface area (Å²) in [5.74, 6) is -0.379. The average Bonchev–Trinajstić information content (AvgIpc) is 3.19. The Labute approximate surface area is 199 Å². The van der Waals surface area contributed by atoms with Crippen LogP contribution in [-0.2, 0) is 22.6 Å². The Morgan fingerprint density at radius 3 is 2.34 bits per heavy atom. The van der Waals surface area contributed by atoms with Crippen molar-refractivity contribution in [3.8, 4) is 0 Å². The largest absolute Gasteiger partial charge is 0.361 e. The zero-order valence-corrected chi connectivity index (χ0v) is 19.9. The third-order valence-corrected chi connectivity index (χ3v) is 5.68. The summed E-state index contributed by atoms with van der Waals surface area (Å²) in [6, 6.07) is 18.0.